The van der Waals surface area contributed by atoms with Gasteiger partial charge in [-0.3, -0.25) is 0 Å². The Morgan fingerprint density at radius 3 is 2.71 bits per heavy atom. The lowest BCUT2D eigenvalue weighted by Crippen LogP contribution is -2.40. The number of morpholine rings is 1. The highest BCUT2D eigenvalue weighted by atomic mass is 35.5. The minimum atomic E-state index is 0.465. The van der Waals surface area contributed by atoms with Crippen molar-refractivity contribution >= 4 is 34.4 Å². The maximum atomic E-state index is 6.10. The lowest BCUT2D eigenvalue weighted by Gasteiger charge is -2.36. The largest absolute Gasteiger partial charge is 0.378 e. The van der Waals surface area contributed by atoms with Crippen molar-refractivity contribution in [3.63, 3.8) is 0 Å². The molecule has 0 N–H and O–H groups in total. The zero-order valence-electron chi connectivity index (χ0n) is 13.9. The first kappa shape index (κ1) is 15.8. The molecule has 0 aromatic carbocycles. The lowest BCUT2D eigenvalue weighted by atomic mass is 10.0. The van der Waals surface area contributed by atoms with E-state index in [1.54, 1.807) is 0 Å². The summed E-state index contributed by atoms with van der Waals surface area (Å²) in [5, 5.41) is 1.44. The molecule has 2 fully saturated rings. The van der Waals surface area contributed by atoms with Crippen LogP contribution in [-0.4, -0.2) is 53.8 Å². The number of nitrogens with zero attached hydrogens (tertiary/aromatic N) is 5. The number of hydrogen-bond acceptors (Lipinski definition) is 6. The predicted molar refractivity (Wildman–Crippen MR) is 96.0 cm³/mol. The van der Waals surface area contributed by atoms with E-state index in [-0.39, 0.29) is 0 Å². The Balaban J connectivity index is 1.82. The normalized spacial score (nSPS) is 22.2. The third kappa shape index (κ3) is 3.00. The molecule has 1 unspecified atom stereocenters. The van der Waals surface area contributed by atoms with Crippen LogP contribution in [0.1, 0.15) is 26.2 Å². The first-order valence-corrected chi connectivity index (χ1v) is 9.04. The Hall–Kier alpha value is -1.66. The van der Waals surface area contributed by atoms with Crippen LogP contribution in [0, 0.1) is 0 Å². The number of pyridine rings is 1. The van der Waals surface area contributed by atoms with Gasteiger partial charge in [-0.25, -0.2) is 4.98 Å². The molecule has 0 radical (unpaired) electrons. The Morgan fingerprint density at radius 1 is 1.08 bits per heavy atom. The maximum Gasteiger partial charge on any atom is 0.229 e. The van der Waals surface area contributed by atoms with E-state index in [1.165, 1.54) is 19.3 Å². The number of ether oxygens (including phenoxy) is 1. The van der Waals surface area contributed by atoms with Crippen molar-refractivity contribution in [3.05, 3.63) is 17.3 Å². The van der Waals surface area contributed by atoms with Crippen LogP contribution < -0.4 is 9.80 Å². The van der Waals surface area contributed by atoms with Crippen molar-refractivity contribution in [3.8, 4) is 0 Å². The van der Waals surface area contributed by atoms with E-state index in [4.69, 9.17) is 21.3 Å². The number of piperidine rings is 1. The summed E-state index contributed by atoms with van der Waals surface area (Å²) >= 11 is 6.10. The lowest BCUT2D eigenvalue weighted by molar-refractivity contribution is 0.122. The molecule has 0 aliphatic carbocycles. The van der Waals surface area contributed by atoms with Gasteiger partial charge in [-0.05, 0) is 38.3 Å². The average Bonchev–Trinajstić information content (AvgIpc) is 2.62. The summed E-state index contributed by atoms with van der Waals surface area (Å²) in [5.74, 6) is 1.71. The molecule has 1 atom stereocenters. The SMILES string of the molecule is CC1CCCCN1c1nc(N2CCOCC2)nc2nc(Cl)ccc12. The standard InChI is InChI=1S/C17H22ClN5O/c1-12-4-2-3-7-23(12)16-13-5-6-14(18)19-15(13)20-17(21-16)22-8-10-24-11-9-22/h5-6,12H,2-4,7-11H2,1H3. The van der Waals surface area contributed by atoms with E-state index < -0.39 is 0 Å². The molecule has 0 amide bonds. The van der Waals surface area contributed by atoms with E-state index in [9.17, 15) is 0 Å². The first-order valence-electron chi connectivity index (χ1n) is 8.66. The molecule has 2 aromatic heterocycles. The van der Waals surface area contributed by atoms with Gasteiger partial charge < -0.3 is 14.5 Å². The highest BCUT2D eigenvalue weighted by molar-refractivity contribution is 6.29. The van der Waals surface area contributed by atoms with Crippen LogP contribution in [-0.2, 0) is 4.74 Å². The van der Waals surface area contributed by atoms with E-state index in [0.29, 0.717) is 30.1 Å². The van der Waals surface area contributed by atoms with Crippen molar-refractivity contribution in [2.75, 3.05) is 42.6 Å². The van der Waals surface area contributed by atoms with Gasteiger partial charge in [-0.2, -0.15) is 9.97 Å². The molecule has 7 heteroatoms. The molecule has 24 heavy (non-hydrogen) atoms. The number of aromatic nitrogens is 3. The van der Waals surface area contributed by atoms with Gasteiger partial charge in [0.15, 0.2) is 5.65 Å². The first-order chi connectivity index (χ1) is 11.7. The zero-order valence-corrected chi connectivity index (χ0v) is 14.7. The topological polar surface area (TPSA) is 54.4 Å². The minimum absolute atomic E-state index is 0.465. The summed E-state index contributed by atoms with van der Waals surface area (Å²) < 4.78 is 5.45. The molecule has 2 aliphatic heterocycles. The van der Waals surface area contributed by atoms with Crippen molar-refractivity contribution in [2.24, 2.45) is 0 Å². The fourth-order valence-corrected chi connectivity index (χ4v) is 3.64. The van der Waals surface area contributed by atoms with E-state index >= 15 is 0 Å². The summed E-state index contributed by atoms with van der Waals surface area (Å²) in [6, 6.07) is 4.29. The molecule has 0 saturated carbocycles. The molecule has 0 bridgehead atoms. The second kappa shape index (κ2) is 6.69. The van der Waals surface area contributed by atoms with Crippen molar-refractivity contribution < 1.29 is 4.74 Å². The number of fused-ring (bicyclic) bond motifs is 1. The van der Waals surface area contributed by atoms with Crippen molar-refractivity contribution in [1.29, 1.82) is 0 Å². The number of hydrogen-bond donors (Lipinski definition) is 0. The van der Waals surface area contributed by atoms with E-state index in [2.05, 4.69) is 26.7 Å². The maximum absolute atomic E-state index is 6.10. The molecule has 0 spiro atoms. The molecular formula is C17H22ClN5O. The highest BCUT2D eigenvalue weighted by Crippen LogP contribution is 2.31. The van der Waals surface area contributed by atoms with Gasteiger partial charge in [0.25, 0.3) is 0 Å². The molecule has 2 saturated heterocycles. The third-order valence-corrected chi connectivity index (χ3v) is 5.07. The molecule has 2 aliphatic rings. The summed E-state index contributed by atoms with van der Waals surface area (Å²) in [6.07, 6.45) is 3.67. The number of anilines is 2. The third-order valence-electron chi connectivity index (χ3n) is 4.86. The molecule has 4 heterocycles. The van der Waals surface area contributed by atoms with Gasteiger partial charge in [0, 0.05) is 25.7 Å². The second-order valence-corrected chi connectivity index (χ2v) is 6.88. The molecule has 6 nitrogen and oxygen atoms in total. The quantitative estimate of drug-likeness (QED) is 0.779. The number of rotatable bonds is 2. The van der Waals surface area contributed by atoms with Crippen molar-refractivity contribution in [1.82, 2.24) is 15.0 Å². The Bertz CT molecular complexity index is 734. The predicted octanol–water partition coefficient (Wildman–Crippen LogP) is 2.89. The fourth-order valence-electron chi connectivity index (χ4n) is 3.50. The molecular weight excluding hydrogens is 326 g/mol. The van der Waals surface area contributed by atoms with Crippen LogP contribution in [0.25, 0.3) is 11.0 Å². The van der Waals surface area contributed by atoms with Crippen LogP contribution in [0.2, 0.25) is 5.15 Å². The smallest absolute Gasteiger partial charge is 0.229 e. The summed E-state index contributed by atoms with van der Waals surface area (Å²) in [7, 11) is 0. The van der Waals surface area contributed by atoms with Gasteiger partial charge in [-0.15, -0.1) is 0 Å². The molecule has 128 valence electrons. The van der Waals surface area contributed by atoms with Gasteiger partial charge >= 0.3 is 0 Å². The van der Waals surface area contributed by atoms with Crippen LogP contribution in [0.15, 0.2) is 12.1 Å². The molecule has 2 aromatic rings. The number of halogens is 1. The minimum Gasteiger partial charge on any atom is -0.378 e. The van der Waals surface area contributed by atoms with Crippen LogP contribution >= 0.6 is 11.6 Å². The van der Waals surface area contributed by atoms with Gasteiger partial charge in [0.05, 0.1) is 18.6 Å². The van der Waals surface area contributed by atoms with Crippen LogP contribution in [0.4, 0.5) is 11.8 Å². The Labute approximate surface area is 146 Å². The van der Waals surface area contributed by atoms with Crippen molar-refractivity contribution in [2.45, 2.75) is 32.2 Å². The van der Waals surface area contributed by atoms with Gasteiger partial charge in [0.1, 0.15) is 11.0 Å². The zero-order chi connectivity index (χ0) is 16.5. The highest BCUT2D eigenvalue weighted by Gasteiger charge is 2.24. The van der Waals surface area contributed by atoms with Crippen LogP contribution in [0.5, 0.6) is 0 Å². The Morgan fingerprint density at radius 2 is 1.92 bits per heavy atom. The van der Waals surface area contributed by atoms with E-state index in [0.717, 1.165) is 36.8 Å². The van der Waals surface area contributed by atoms with Gasteiger partial charge in [-0.1, -0.05) is 11.6 Å². The average molecular weight is 348 g/mol. The summed E-state index contributed by atoms with van der Waals surface area (Å²) in [6.45, 7) is 6.32. The summed E-state index contributed by atoms with van der Waals surface area (Å²) in [5.41, 5.74) is 0.673. The Kier molecular flexibility index (Phi) is 4.41. The second-order valence-electron chi connectivity index (χ2n) is 6.49. The van der Waals surface area contributed by atoms with Gasteiger partial charge in [0.2, 0.25) is 5.95 Å². The van der Waals surface area contributed by atoms with Crippen LogP contribution in [0.3, 0.4) is 0 Å². The summed E-state index contributed by atoms with van der Waals surface area (Å²) in [4.78, 5) is 18.6. The fraction of sp³-hybridized carbons (Fsp3) is 0.588. The monoisotopic (exact) mass is 347 g/mol. The molecule has 4 rings (SSSR count). The van der Waals surface area contributed by atoms with E-state index in [1.807, 2.05) is 12.1 Å².